The van der Waals surface area contributed by atoms with E-state index in [-0.39, 0.29) is 5.91 Å². The zero-order valence-corrected chi connectivity index (χ0v) is 20.6. The van der Waals surface area contributed by atoms with Crippen molar-refractivity contribution in [1.82, 2.24) is 14.8 Å². The molecule has 2 aliphatic rings. The van der Waals surface area contributed by atoms with Crippen molar-refractivity contribution in [3.63, 3.8) is 0 Å². The lowest BCUT2D eigenvalue weighted by molar-refractivity contribution is -0.119. The summed E-state index contributed by atoms with van der Waals surface area (Å²) in [4.78, 5) is 19.5. The monoisotopic (exact) mass is 450 g/mol. The molecule has 1 aliphatic carbocycles. The van der Waals surface area contributed by atoms with E-state index in [1.54, 1.807) is 25.8 Å². The summed E-state index contributed by atoms with van der Waals surface area (Å²) >= 11 is 0. The largest absolute Gasteiger partial charge is 0.399 e. The van der Waals surface area contributed by atoms with E-state index < -0.39 is 0 Å². The Labute approximate surface area is 197 Å². The van der Waals surface area contributed by atoms with Crippen LogP contribution >= 0.6 is 0 Å². The lowest BCUT2D eigenvalue weighted by Gasteiger charge is -2.40. The van der Waals surface area contributed by atoms with Crippen LogP contribution in [0, 0.1) is 0 Å². The first-order valence-electron chi connectivity index (χ1n) is 12.3. The summed E-state index contributed by atoms with van der Waals surface area (Å²) in [5.74, 6) is -0.0238. The van der Waals surface area contributed by atoms with E-state index in [4.69, 9.17) is 4.84 Å². The van der Waals surface area contributed by atoms with Crippen LogP contribution < -0.4 is 5.32 Å². The molecule has 2 fully saturated rings. The number of piperidine rings is 1. The molecule has 1 N–H and O–H groups in total. The lowest BCUT2D eigenvalue weighted by atomic mass is 9.86. The lowest BCUT2D eigenvalue weighted by Crippen LogP contribution is -2.43. The summed E-state index contributed by atoms with van der Waals surface area (Å²) in [7, 11) is 1.56. The highest BCUT2D eigenvalue weighted by Gasteiger charge is 2.30. The van der Waals surface area contributed by atoms with Gasteiger partial charge in [0.25, 0.3) is 0 Å². The summed E-state index contributed by atoms with van der Waals surface area (Å²) in [6.45, 7) is 8.84. The van der Waals surface area contributed by atoms with Crippen LogP contribution in [-0.2, 0) is 16.2 Å². The number of carbonyl (C=O) groups is 1. The number of para-hydroxylation sites is 1. The molecule has 1 aromatic heterocycles. The average Bonchev–Trinajstić information content (AvgIpc) is 3.14. The van der Waals surface area contributed by atoms with Crippen LogP contribution in [0.15, 0.2) is 40.6 Å². The molecule has 1 aromatic carbocycles. The zero-order chi connectivity index (χ0) is 23.4. The standard InChI is InChI=1S/C27H38N4O2/c1-19(2)21-9-11-22(12-10-21)30-15-13-23(14-16-30)31-26-8-6-5-7-24(26)25(17-29-33-4)27(31)18-28-20(3)32/h5-8,17,22-23H,9-16,18H2,1-4H3,(H,28,32)/b29-17-. The summed E-state index contributed by atoms with van der Waals surface area (Å²) < 4.78 is 2.46. The Kier molecular flexibility index (Phi) is 7.53. The number of hydrogen-bond donors (Lipinski definition) is 1. The molecule has 2 aromatic rings. The van der Waals surface area contributed by atoms with E-state index in [1.807, 2.05) is 0 Å². The molecule has 1 amide bonds. The molecule has 6 nitrogen and oxygen atoms in total. The van der Waals surface area contributed by atoms with Gasteiger partial charge in [-0.15, -0.1) is 0 Å². The molecule has 1 saturated heterocycles. The summed E-state index contributed by atoms with van der Waals surface area (Å²) in [6.07, 6.45) is 9.15. The highest BCUT2D eigenvalue weighted by molar-refractivity contribution is 6.01. The molecular formula is C27H38N4O2. The molecule has 178 valence electrons. The number of carbonyl (C=O) groups excluding carboxylic acids is 1. The van der Waals surface area contributed by atoms with E-state index in [0.717, 1.165) is 48.6 Å². The van der Waals surface area contributed by atoms with Crippen molar-refractivity contribution in [2.45, 2.75) is 77.9 Å². The number of likely N-dealkylation sites (tertiary alicyclic amines) is 1. The van der Waals surface area contributed by atoms with E-state index >= 15 is 0 Å². The van der Waals surface area contributed by atoms with Crippen molar-refractivity contribution in [2.75, 3.05) is 20.2 Å². The molecule has 4 rings (SSSR count). The Hall–Kier alpha value is -2.60. The number of nitrogens with zero attached hydrogens (tertiary/aromatic N) is 3. The number of benzene rings is 1. The number of rotatable bonds is 6. The first-order chi connectivity index (χ1) is 16.0. The molecule has 0 atom stereocenters. The van der Waals surface area contributed by atoms with Crippen LogP contribution in [0.25, 0.3) is 10.9 Å². The predicted octanol–water partition coefficient (Wildman–Crippen LogP) is 5.17. The van der Waals surface area contributed by atoms with Gasteiger partial charge >= 0.3 is 0 Å². The smallest absolute Gasteiger partial charge is 0.217 e. The Morgan fingerprint density at radius 1 is 1.09 bits per heavy atom. The maximum Gasteiger partial charge on any atom is 0.217 e. The van der Waals surface area contributed by atoms with E-state index in [1.165, 1.54) is 36.8 Å². The van der Waals surface area contributed by atoms with Crippen molar-refractivity contribution in [3.05, 3.63) is 46.7 Å². The van der Waals surface area contributed by atoms with Crippen molar-refractivity contribution in [1.29, 1.82) is 0 Å². The fourth-order valence-corrected chi connectivity index (χ4v) is 5.72. The van der Waals surface area contributed by atoms with Crippen molar-refractivity contribution < 1.29 is 9.63 Å². The molecule has 0 bridgehead atoms. The van der Waals surface area contributed by atoms with Gasteiger partial charge in [0.05, 0.1) is 12.8 Å². The van der Waals surface area contributed by atoms with Crippen LogP contribution in [0.3, 0.4) is 0 Å². The van der Waals surface area contributed by atoms with Crippen LogP contribution in [0.1, 0.15) is 76.6 Å². The van der Waals surface area contributed by atoms with Crippen molar-refractivity contribution in [3.8, 4) is 0 Å². The first-order valence-corrected chi connectivity index (χ1v) is 12.3. The minimum atomic E-state index is -0.0238. The van der Waals surface area contributed by atoms with Gasteiger partial charge in [-0.25, -0.2) is 0 Å². The molecule has 2 heterocycles. The Morgan fingerprint density at radius 2 is 1.79 bits per heavy atom. The molecule has 1 aliphatic heterocycles. The third kappa shape index (κ3) is 5.16. The number of fused-ring (bicyclic) bond motifs is 1. The van der Waals surface area contributed by atoms with Gasteiger partial charge in [-0.05, 0) is 58.4 Å². The SMILES string of the molecule is CO/N=C\c1c(CNC(C)=O)n(C2CCN(C3CCC(=C(C)C)CC3)CC2)c2ccccc12. The van der Waals surface area contributed by atoms with Gasteiger partial charge in [-0.2, -0.15) is 0 Å². The molecule has 6 heteroatoms. The fourth-order valence-electron chi connectivity index (χ4n) is 5.72. The fraction of sp³-hybridized carbons (Fsp3) is 0.556. The first kappa shape index (κ1) is 23.6. The van der Waals surface area contributed by atoms with E-state index in [0.29, 0.717) is 12.6 Å². The minimum Gasteiger partial charge on any atom is -0.399 e. The molecule has 0 spiro atoms. The number of hydrogen-bond acceptors (Lipinski definition) is 4. The molecular weight excluding hydrogens is 412 g/mol. The Balaban J connectivity index is 1.57. The van der Waals surface area contributed by atoms with E-state index in [2.05, 4.69) is 58.1 Å². The van der Waals surface area contributed by atoms with Gasteiger partial charge in [0.1, 0.15) is 7.11 Å². The maximum absolute atomic E-state index is 11.7. The second-order valence-corrected chi connectivity index (χ2v) is 9.68. The molecule has 33 heavy (non-hydrogen) atoms. The average molecular weight is 451 g/mol. The molecule has 0 unspecified atom stereocenters. The van der Waals surface area contributed by atoms with Crippen LogP contribution in [-0.4, -0.2) is 47.8 Å². The predicted molar refractivity (Wildman–Crippen MR) is 135 cm³/mol. The van der Waals surface area contributed by atoms with Gasteiger partial charge in [0, 0.05) is 54.3 Å². The molecule has 1 saturated carbocycles. The van der Waals surface area contributed by atoms with Crippen molar-refractivity contribution in [2.24, 2.45) is 5.16 Å². The normalized spacial score (nSPS) is 20.5. The number of aromatic nitrogens is 1. The maximum atomic E-state index is 11.7. The van der Waals surface area contributed by atoms with Gasteiger partial charge in [0.2, 0.25) is 5.91 Å². The number of allylic oxidation sites excluding steroid dienone is 2. The Morgan fingerprint density at radius 3 is 2.42 bits per heavy atom. The zero-order valence-electron chi connectivity index (χ0n) is 20.6. The number of oxime groups is 1. The second kappa shape index (κ2) is 10.6. The van der Waals surface area contributed by atoms with E-state index in [9.17, 15) is 4.79 Å². The summed E-state index contributed by atoms with van der Waals surface area (Å²) in [5.41, 5.74) is 6.54. The van der Waals surface area contributed by atoms with Gasteiger partial charge < -0.3 is 19.6 Å². The molecule has 0 radical (unpaired) electrons. The van der Waals surface area contributed by atoms with Crippen molar-refractivity contribution >= 4 is 23.0 Å². The number of nitrogens with one attached hydrogen (secondary N) is 1. The van der Waals surface area contributed by atoms with Crippen LogP contribution in [0.4, 0.5) is 0 Å². The quantitative estimate of drug-likeness (QED) is 0.375. The summed E-state index contributed by atoms with van der Waals surface area (Å²) in [6, 6.07) is 9.61. The summed E-state index contributed by atoms with van der Waals surface area (Å²) in [5, 5.41) is 8.24. The van der Waals surface area contributed by atoms with Crippen LogP contribution in [0.2, 0.25) is 0 Å². The van der Waals surface area contributed by atoms with Gasteiger partial charge in [0.15, 0.2) is 0 Å². The number of amides is 1. The van der Waals surface area contributed by atoms with Crippen LogP contribution in [0.5, 0.6) is 0 Å². The Bertz CT molecular complexity index is 1030. The third-order valence-corrected chi connectivity index (χ3v) is 7.49. The second-order valence-electron chi connectivity index (χ2n) is 9.68. The third-order valence-electron chi connectivity index (χ3n) is 7.49. The topological polar surface area (TPSA) is 58.9 Å². The van der Waals surface area contributed by atoms with Gasteiger partial charge in [-0.1, -0.05) is 34.5 Å². The highest BCUT2D eigenvalue weighted by Crippen LogP contribution is 2.36. The van der Waals surface area contributed by atoms with Gasteiger partial charge in [-0.3, -0.25) is 4.79 Å². The highest BCUT2D eigenvalue weighted by atomic mass is 16.6. The minimum absolute atomic E-state index is 0.0238.